The lowest BCUT2D eigenvalue weighted by atomic mass is 10.0. The summed E-state index contributed by atoms with van der Waals surface area (Å²) in [5, 5.41) is 20.7. The topological polar surface area (TPSA) is 231 Å². The van der Waals surface area contributed by atoms with Crippen LogP contribution in [0.15, 0.2) is 182 Å². The normalized spacial score (nSPS) is 14.7. The number of phosphoric ester groups is 2. The van der Waals surface area contributed by atoms with Crippen LogP contribution in [0.25, 0.3) is 0 Å². The molecule has 4 N–H and O–H groups in total. The number of unbranched alkanes of at least 4 members (excludes halogenated alkanes) is 29. The fourth-order valence-corrected chi connectivity index (χ4v) is 13.1. The van der Waals surface area contributed by atoms with E-state index in [2.05, 4.69) is 203 Å². The molecule has 0 fully saturated rings. The summed E-state index contributed by atoms with van der Waals surface area (Å²) in [6, 6.07) is 0. The van der Waals surface area contributed by atoms with E-state index in [1.165, 1.54) is 83.5 Å². The lowest BCUT2D eigenvalue weighted by molar-refractivity contribution is -0.161. The highest BCUT2D eigenvalue weighted by atomic mass is 31.2. The summed E-state index contributed by atoms with van der Waals surface area (Å²) >= 11 is 0. The Balaban J connectivity index is 4.70. The summed E-state index contributed by atoms with van der Waals surface area (Å²) in [6.07, 6.45) is 112. The Bertz CT molecular complexity index is 2780. The lowest BCUT2D eigenvalue weighted by Gasteiger charge is -2.21. The minimum Gasteiger partial charge on any atom is -0.463 e. The summed E-state index contributed by atoms with van der Waals surface area (Å²) in [4.78, 5) is 59.0. The lowest BCUT2D eigenvalue weighted by Crippen LogP contribution is -2.30. The smallest absolute Gasteiger partial charge is 0.463 e. The van der Waals surface area contributed by atoms with Gasteiger partial charge in [0.15, 0.2) is 6.10 Å². The molecule has 0 saturated heterocycles. The number of hydrogen-bond acceptors (Lipinski definition) is 14. The first-order valence-corrected chi connectivity index (χ1v) is 47.1. The fourth-order valence-electron chi connectivity index (χ4n) is 11.5. The van der Waals surface area contributed by atoms with Gasteiger partial charge in [0.2, 0.25) is 0 Å². The zero-order chi connectivity index (χ0) is 82.2. The first-order chi connectivity index (χ1) is 55.2. The van der Waals surface area contributed by atoms with Gasteiger partial charge in [0.1, 0.15) is 25.4 Å². The van der Waals surface area contributed by atoms with Crippen LogP contribution in [0.5, 0.6) is 0 Å². The average molecular weight is 1620 g/mol. The van der Waals surface area contributed by atoms with Gasteiger partial charge in [0.25, 0.3) is 0 Å². The van der Waals surface area contributed by atoms with Gasteiger partial charge in [-0.25, -0.2) is 9.13 Å². The number of ether oxygens (including phenoxy) is 3. The van der Waals surface area contributed by atoms with Crippen LogP contribution in [-0.2, 0) is 55.8 Å². The molecule has 0 bridgehead atoms. The molecule has 0 amide bonds. The monoisotopic (exact) mass is 1620 g/mol. The van der Waals surface area contributed by atoms with Crippen LogP contribution in [0.3, 0.4) is 0 Å². The highest BCUT2D eigenvalue weighted by molar-refractivity contribution is 7.47. The van der Waals surface area contributed by atoms with Crippen molar-refractivity contribution in [3.8, 4) is 0 Å². The van der Waals surface area contributed by atoms with Gasteiger partial charge in [0, 0.05) is 19.3 Å². The van der Waals surface area contributed by atoms with Crippen LogP contribution in [-0.4, -0.2) is 95.9 Å². The third-order valence-electron chi connectivity index (χ3n) is 18.1. The molecule has 18 heteroatoms. The minimum atomic E-state index is -4.95. The Morgan fingerprint density at radius 3 is 0.743 bits per heavy atom. The first kappa shape index (κ1) is 108. The molecule has 0 aliphatic rings. The van der Waals surface area contributed by atoms with Gasteiger partial charge < -0.3 is 34.2 Å². The third kappa shape index (κ3) is 87.3. The van der Waals surface area contributed by atoms with Crippen molar-refractivity contribution in [2.24, 2.45) is 0 Å². The van der Waals surface area contributed by atoms with E-state index in [0.29, 0.717) is 19.3 Å². The van der Waals surface area contributed by atoms with E-state index in [1.54, 1.807) is 0 Å². The summed E-state index contributed by atoms with van der Waals surface area (Å²) in [6.45, 7) is 2.42. The minimum absolute atomic E-state index is 0.0859. The van der Waals surface area contributed by atoms with Crippen molar-refractivity contribution in [2.45, 2.75) is 360 Å². The predicted molar refractivity (Wildman–Crippen MR) is 472 cm³/mol. The predicted octanol–water partition coefficient (Wildman–Crippen LogP) is 26.9. The van der Waals surface area contributed by atoms with E-state index < -0.39 is 91.5 Å². The molecular formula is C95H158O16P2. The Morgan fingerprint density at radius 1 is 0.257 bits per heavy atom. The largest absolute Gasteiger partial charge is 0.472 e. The molecule has 0 spiro atoms. The molecule has 0 saturated carbocycles. The number of carbonyl (C=O) groups is 3. The zero-order valence-electron chi connectivity index (χ0n) is 70.7. The molecule has 0 heterocycles. The van der Waals surface area contributed by atoms with Crippen molar-refractivity contribution in [3.05, 3.63) is 182 Å². The highest BCUT2D eigenvalue weighted by Gasteiger charge is 2.29. The van der Waals surface area contributed by atoms with Crippen LogP contribution in [0.2, 0.25) is 0 Å². The Morgan fingerprint density at radius 2 is 0.469 bits per heavy atom. The third-order valence-corrected chi connectivity index (χ3v) is 20.0. The van der Waals surface area contributed by atoms with Crippen LogP contribution < -0.4 is 0 Å². The van der Waals surface area contributed by atoms with Crippen molar-refractivity contribution in [2.75, 3.05) is 39.6 Å². The molecule has 0 aliphatic carbocycles. The van der Waals surface area contributed by atoms with Gasteiger partial charge in [-0.1, -0.05) is 344 Å². The molecule has 113 heavy (non-hydrogen) atoms. The number of hydrogen-bond donors (Lipinski definition) is 4. The number of allylic oxidation sites excluding steroid dienone is 30. The molecule has 0 aromatic rings. The number of esters is 3. The SMILES string of the molecule is CC/C=C\C/C=C\C/C=C\C/C=C\C/C=C\C/C=C\CCCCCCCCCCC(=O)OCC(O)COP(=O)(O)OCC(O)COP(=O)(O)OCC(COC(=O)CCCCCCCCCCCCC/C=C\C/C=C\C/C=C\C/C=C\C/C=C\CC)OC(=O)CCCCCCCCC/C=C\C/C=C\C/C=C\C/C=C\CCCCC. The summed E-state index contributed by atoms with van der Waals surface area (Å²) < 4.78 is 61.4. The maximum Gasteiger partial charge on any atom is 0.472 e. The summed E-state index contributed by atoms with van der Waals surface area (Å²) in [7, 11) is -9.82. The second kappa shape index (κ2) is 86.0. The molecule has 0 radical (unpaired) electrons. The van der Waals surface area contributed by atoms with Gasteiger partial charge >= 0.3 is 33.6 Å². The zero-order valence-corrected chi connectivity index (χ0v) is 72.5. The summed E-state index contributed by atoms with van der Waals surface area (Å²) in [5.74, 6) is -1.60. The van der Waals surface area contributed by atoms with Crippen LogP contribution in [0.4, 0.5) is 0 Å². The quantitative estimate of drug-likeness (QED) is 0.0146. The van der Waals surface area contributed by atoms with E-state index in [-0.39, 0.29) is 19.3 Å². The molecule has 644 valence electrons. The first-order valence-electron chi connectivity index (χ1n) is 44.1. The Hall–Kier alpha value is -5.35. The van der Waals surface area contributed by atoms with Gasteiger partial charge in [-0.15, -0.1) is 0 Å². The van der Waals surface area contributed by atoms with Crippen molar-refractivity contribution in [3.63, 3.8) is 0 Å². The second-order valence-corrected chi connectivity index (χ2v) is 31.8. The second-order valence-electron chi connectivity index (χ2n) is 28.9. The fraction of sp³-hybridized carbons (Fsp3) is 0.653. The van der Waals surface area contributed by atoms with Crippen molar-refractivity contribution in [1.82, 2.24) is 0 Å². The molecule has 5 unspecified atom stereocenters. The maximum atomic E-state index is 13.1. The van der Waals surface area contributed by atoms with Crippen LogP contribution >= 0.6 is 15.6 Å². The maximum absolute atomic E-state index is 13.1. The number of carbonyl (C=O) groups excluding carboxylic acids is 3. The van der Waals surface area contributed by atoms with Gasteiger partial charge in [-0.2, -0.15) is 0 Å². The molecule has 0 aromatic heterocycles. The van der Waals surface area contributed by atoms with Crippen LogP contribution in [0, 0.1) is 0 Å². The number of aliphatic hydroxyl groups excluding tert-OH is 2. The van der Waals surface area contributed by atoms with E-state index in [9.17, 15) is 43.5 Å². The van der Waals surface area contributed by atoms with Crippen molar-refractivity contribution < 1.29 is 75.8 Å². The standard InChI is InChI=1S/C95H158O16P2/c1-4-7-10-13-16-19-22-25-28-31-34-37-40-42-44-46-49-51-54-57-60-63-66-69-72-75-78-81-93(98)105-84-90(96)85-107-112(101,102)108-86-91(97)87-109-113(103,104)110-89-92(111-95(100)83-80-77-74-71-68-65-62-59-56-53-48-39-36-33-30-27-24-21-18-15-12-9-6-3)88-106-94(99)82-79-76-73-70-67-64-61-58-55-52-50-47-45-43-41-38-35-32-29-26-23-20-17-14-11-8-5-2/h7-8,10-11,16-21,25-30,34-39,42-45,49,51,53,56,90-92,96-97H,4-6,9,12-15,22-24,31-33,40-41,46-48,50,52,54-55,57-89H2,1-3H3,(H,101,102)(H,103,104)/b10-7-,11-8-,19-16-,20-17-,21-18-,28-25-,29-26-,30-27-,37-34-,38-35-,39-36-,44-42-,45-43-,51-49-,56-53-. The number of aliphatic hydroxyl groups is 2. The molecule has 0 aromatic carbocycles. The average Bonchev–Trinajstić information content (AvgIpc) is 0.915. The van der Waals surface area contributed by atoms with Gasteiger partial charge in [-0.05, 0) is 161 Å². The Kier molecular flexibility index (Phi) is 81.9. The van der Waals surface area contributed by atoms with Crippen LogP contribution in [0.1, 0.15) is 342 Å². The van der Waals surface area contributed by atoms with E-state index in [1.807, 2.05) is 0 Å². The highest BCUT2D eigenvalue weighted by Crippen LogP contribution is 2.45. The van der Waals surface area contributed by atoms with E-state index >= 15 is 0 Å². The number of phosphoric acid groups is 2. The molecular weight excluding hydrogens is 1460 g/mol. The molecule has 5 atom stereocenters. The van der Waals surface area contributed by atoms with Gasteiger partial charge in [0.05, 0.1) is 26.4 Å². The number of rotatable bonds is 82. The molecule has 0 rings (SSSR count). The van der Waals surface area contributed by atoms with Crippen molar-refractivity contribution >= 4 is 33.6 Å². The summed E-state index contributed by atoms with van der Waals surface area (Å²) in [5.41, 5.74) is 0. The van der Waals surface area contributed by atoms with Gasteiger partial charge in [-0.3, -0.25) is 32.5 Å². The molecule has 0 aliphatic heterocycles. The Labute approximate surface area is 687 Å². The van der Waals surface area contributed by atoms with E-state index in [0.717, 1.165) is 199 Å². The van der Waals surface area contributed by atoms with E-state index in [4.69, 9.17) is 32.3 Å². The molecule has 16 nitrogen and oxygen atoms in total. The van der Waals surface area contributed by atoms with Crippen molar-refractivity contribution in [1.29, 1.82) is 0 Å².